The monoisotopic (exact) mass is 261 g/mol. The molecule has 19 heavy (non-hydrogen) atoms. The Morgan fingerprint density at radius 1 is 1.42 bits per heavy atom. The third-order valence-corrected chi connectivity index (χ3v) is 2.83. The molecule has 0 fully saturated rings. The van der Waals surface area contributed by atoms with Crippen LogP contribution in [-0.4, -0.2) is 26.1 Å². The minimum absolute atomic E-state index is 0.104. The summed E-state index contributed by atoms with van der Waals surface area (Å²) in [4.78, 5) is 22.4. The van der Waals surface area contributed by atoms with Crippen LogP contribution >= 0.6 is 0 Å². The van der Waals surface area contributed by atoms with Gasteiger partial charge in [-0.25, -0.2) is 9.97 Å². The van der Waals surface area contributed by atoms with E-state index in [9.17, 15) is 4.79 Å². The van der Waals surface area contributed by atoms with Gasteiger partial charge in [-0.3, -0.25) is 4.79 Å². The van der Waals surface area contributed by atoms with Crippen LogP contribution in [0.25, 0.3) is 0 Å². The molecule has 2 N–H and O–H groups in total. The molecule has 6 nitrogen and oxygen atoms in total. The molecule has 0 atom stereocenters. The van der Waals surface area contributed by atoms with Gasteiger partial charge in [0.05, 0.1) is 6.33 Å². The molecule has 2 rings (SSSR count). The smallest absolute Gasteiger partial charge is 0.252 e. The predicted octanol–water partition coefficient (Wildman–Crippen LogP) is 1.42. The fraction of sp³-hybridized carbons (Fsp3) is 0.462. The van der Waals surface area contributed by atoms with Crippen molar-refractivity contribution in [3.8, 4) is 0 Å². The second-order valence-electron chi connectivity index (χ2n) is 4.37. The molecular formula is C13H19N5O. The second kappa shape index (κ2) is 6.72. The van der Waals surface area contributed by atoms with Gasteiger partial charge in [0.15, 0.2) is 0 Å². The molecule has 2 aromatic heterocycles. The summed E-state index contributed by atoms with van der Waals surface area (Å²) in [6.45, 7) is 3.74. The number of aromatic nitrogens is 4. The number of nitrogens with zero attached hydrogens (tertiary/aromatic N) is 3. The molecular weight excluding hydrogens is 242 g/mol. The zero-order chi connectivity index (χ0) is 13.5. The van der Waals surface area contributed by atoms with E-state index in [-0.39, 0.29) is 5.56 Å². The molecule has 6 heteroatoms. The van der Waals surface area contributed by atoms with Gasteiger partial charge in [0.25, 0.3) is 5.56 Å². The van der Waals surface area contributed by atoms with Gasteiger partial charge < -0.3 is 14.9 Å². The fourth-order valence-corrected chi connectivity index (χ4v) is 1.82. The van der Waals surface area contributed by atoms with Crippen molar-refractivity contribution in [2.45, 2.75) is 32.7 Å². The molecule has 2 heterocycles. The van der Waals surface area contributed by atoms with Gasteiger partial charge in [-0.1, -0.05) is 6.92 Å². The lowest BCUT2D eigenvalue weighted by atomic mass is 10.3. The molecule has 0 spiro atoms. The summed E-state index contributed by atoms with van der Waals surface area (Å²) >= 11 is 0. The largest absolute Gasteiger partial charge is 0.370 e. The van der Waals surface area contributed by atoms with Crippen LogP contribution in [0.3, 0.4) is 0 Å². The number of hydrogen-bond donors (Lipinski definition) is 2. The van der Waals surface area contributed by atoms with E-state index in [1.807, 2.05) is 19.4 Å². The lowest BCUT2D eigenvalue weighted by molar-refractivity contribution is 0.620. The van der Waals surface area contributed by atoms with Crippen molar-refractivity contribution in [2.75, 3.05) is 11.9 Å². The molecule has 2 aromatic rings. The third kappa shape index (κ3) is 4.24. The van der Waals surface area contributed by atoms with E-state index in [0.29, 0.717) is 11.6 Å². The zero-order valence-electron chi connectivity index (χ0n) is 11.1. The molecule has 0 saturated heterocycles. The average molecular weight is 261 g/mol. The van der Waals surface area contributed by atoms with Crippen LogP contribution in [0.15, 0.2) is 29.6 Å². The van der Waals surface area contributed by atoms with Crippen LogP contribution in [0.5, 0.6) is 0 Å². The zero-order valence-corrected chi connectivity index (χ0v) is 11.1. The normalized spacial score (nSPS) is 10.6. The van der Waals surface area contributed by atoms with Gasteiger partial charge in [-0.2, -0.15) is 0 Å². The number of anilines is 1. The number of aromatic amines is 1. The van der Waals surface area contributed by atoms with Gasteiger partial charge in [0.2, 0.25) is 0 Å². The van der Waals surface area contributed by atoms with E-state index >= 15 is 0 Å². The number of hydrogen-bond acceptors (Lipinski definition) is 4. The molecule has 0 aliphatic rings. The Bertz CT molecular complexity index is 546. The maximum Gasteiger partial charge on any atom is 0.252 e. The first kappa shape index (κ1) is 13.3. The van der Waals surface area contributed by atoms with Crippen molar-refractivity contribution in [3.63, 3.8) is 0 Å². The summed E-state index contributed by atoms with van der Waals surface area (Å²) in [7, 11) is 0. The summed E-state index contributed by atoms with van der Waals surface area (Å²) in [6.07, 6.45) is 8.37. The van der Waals surface area contributed by atoms with Crippen molar-refractivity contribution in [1.29, 1.82) is 0 Å². The first-order valence-corrected chi connectivity index (χ1v) is 6.58. The van der Waals surface area contributed by atoms with E-state index in [1.54, 1.807) is 6.20 Å². The van der Waals surface area contributed by atoms with E-state index in [1.165, 1.54) is 6.07 Å². The summed E-state index contributed by atoms with van der Waals surface area (Å²) in [5.74, 6) is 1.37. The highest BCUT2D eigenvalue weighted by atomic mass is 16.1. The Morgan fingerprint density at radius 2 is 2.32 bits per heavy atom. The number of nitrogens with one attached hydrogen (secondary N) is 2. The Kier molecular flexibility index (Phi) is 4.72. The van der Waals surface area contributed by atoms with Crippen LogP contribution < -0.4 is 10.9 Å². The van der Waals surface area contributed by atoms with Crippen molar-refractivity contribution in [2.24, 2.45) is 0 Å². The van der Waals surface area contributed by atoms with E-state index in [0.717, 1.165) is 32.4 Å². The maximum atomic E-state index is 11.4. The number of imidazole rings is 1. The fourth-order valence-electron chi connectivity index (χ4n) is 1.82. The van der Waals surface area contributed by atoms with Crippen LogP contribution in [0, 0.1) is 0 Å². The average Bonchev–Trinajstić information content (AvgIpc) is 2.91. The predicted molar refractivity (Wildman–Crippen MR) is 74.2 cm³/mol. The van der Waals surface area contributed by atoms with E-state index in [4.69, 9.17) is 0 Å². The topological polar surface area (TPSA) is 75.6 Å². The molecule has 102 valence electrons. The number of aryl methyl sites for hydroxylation is 2. The van der Waals surface area contributed by atoms with Crippen LogP contribution in [0.4, 0.5) is 5.82 Å². The number of rotatable bonds is 7. The summed E-state index contributed by atoms with van der Waals surface area (Å²) in [6, 6.07) is 1.50. The first-order valence-electron chi connectivity index (χ1n) is 6.58. The second-order valence-corrected chi connectivity index (χ2v) is 4.37. The maximum absolute atomic E-state index is 11.4. The minimum Gasteiger partial charge on any atom is -0.370 e. The van der Waals surface area contributed by atoms with Gasteiger partial charge in [-0.15, -0.1) is 0 Å². The molecule has 0 unspecified atom stereocenters. The Hall–Kier alpha value is -2.11. The SMILES string of the molecule is CCc1nc(NCCCCn2ccnc2)cc(=O)[nH]1. The summed E-state index contributed by atoms with van der Waals surface area (Å²) in [5, 5.41) is 3.18. The standard InChI is InChI=1S/C13H19N5O/c1-2-11-16-12(9-13(19)17-11)15-5-3-4-7-18-8-6-14-10-18/h6,8-10H,2-5,7H2,1H3,(H2,15,16,17,19). The molecule has 0 amide bonds. The molecule has 0 aromatic carbocycles. The van der Waals surface area contributed by atoms with Gasteiger partial charge in [-0.05, 0) is 12.8 Å². The van der Waals surface area contributed by atoms with Crippen molar-refractivity contribution >= 4 is 5.82 Å². The lowest BCUT2D eigenvalue weighted by Gasteiger charge is -2.06. The lowest BCUT2D eigenvalue weighted by Crippen LogP contribution is -2.14. The van der Waals surface area contributed by atoms with Crippen molar-refractivity contribution in [1.82, 2.24) is 19.5 Å². The number of H-pyrrole nitrogens is 1. The van der Waals surface area contributed by atoms with Crippen molar-refractivity contribution in [3.05, 3.63) is 41.0 Å². The highest BCUT2D eigenvalue weighted by Gasteiger charge is 1.99. The molecule has 0 saturated carbocycles. The quantitative estimate of drug-likeness (QED) is 0.739. The Morgan fingerprint density at radius 3 is 3.05 bits per heavy atom. The number of unbranched alkanes of at least 4 members (excludes halogenated alkanes) is 1. The van der Waals surface area contributed by atoms with E-state index in [2.05, 4.69) is 24.8 Å². The Labute approximate surface area is 111 Å². The van der Waals surface area contributed by atoms with Crippen LogP contribution in [0.2, 0.25) is 0 Å². The molecule has 0 radical (unpaired) electrons. The van der Waals surface area contributed by atoms with Gasteiger partial charge in [0, 0.05) is 38.0 Å². The summed E-state index contributed by atoms with van der Waals surface area (Å²) in [5.41, 5.74) is -0.104. The summed E-state index contributed by atoms with van der Waals surface area (Å²) < 4.78 is 2.06. The molecule has 0 aliphatic heterocycles. The minimum atomic E-state index is -0.104. The molecule has 0 bridgehead atoms. The van der Waals surface area contributed by atoms with Crippen molar-refractivity contribution < 1.29 is 0 Å². The van der Waals surface area contributed by atoms with Gasteiger partial charge >= 0.3 is 0 Å². The van der Waals surface area contributed by atoms with Crippen LogP contribution in [-0.2, 0) is 13.0 Å². The first-order chi connectivity index (χ1) is 9.28. The van der Waals surface area contributed by atoms with E-state index < -0.39 is 0 Å². The third-order valence-electron chi connectivity index (χ3n) is 2.83. The van der Waals surface area contributed by atoms with Gasteiger partial charge in [0.1, 0.15) is 11.6 Å². The Balaban J connectivity index is 1.73. The highest BCUT2D eigenvalue weighted by Crippen LogP contribution is 2.01. The highest BCUT2D eigenvalue weighted by molar-refractivity contribution is 5.32. The molecule has 0 aliphatic carbocycles. The van der Waals surface area contributed by atoms with Crippen LogP contribution in [0.1, 0.15) is 25.6 Å².